The van der Waals surface area contributed by atoms with Crippen molar-refractivity contribution in [1.82, 2.24) is 4.98 Å². The Hall–Kier alpha value is -2.41. The van der Waals surface area contributed by atoms with Crippen LogP contribution in [0.4, 0.5) is 0 Å². The summed E-state index contributed by atoms with van der Waals surface area (Å²) in [6.07, 6.45) is 12.5. The molecule has 0 saturated heterocycles. The van der Waals surface area contributed by atoms with Crippen LogP contribution in [-0.4, -0.2) is 4.98 Å². The highest BCUT2D eigenvalue weighted by atomic mass is 14.6. The SMILES string of the molecule is C=CCC1=CC(c2cccc(-c3cccnc3)c2)=CC(C)C1. The lowest BCUT2D eigenvalue weighted by Gasteiger charge is -2.19. The summed E-state index contributed by atoms with van der Waals surface area (Å²) >= 11 is 0. The van der Waals surface area contributed by atoms with Gasteiger partial charge in [-0.1, -0.05) is 55.0 Å². The van der Waals surface area contributed by atoms with Gasteiger partial charge in [0.15, 0.2) is 0 Å². The fourth-order valence-electron chi connectivity index (χ4n) is 3.03. The van der Waals surface area contributed by atoms with Gasteiger partial charge in [0.1, 0.15) is 0 Å². The monoisotopic (exact) mass is 287 g/mol. The van der Waals surface area contributed by atoms with Gasteiger partial charge in [0.2, 0.25) is 0 Å². The first kappa shape index (κ1) is 14.5. The molecule has 1 aliphatic carbocycles. The lowest BCUT2D eigenvalue weighted by molar-refractivity contribution is 0.700. The molecular formula is C21H21N. The van der Waals surface area contributed by atoms with Crippen LogP contribution in [0.3, 0.4) is 0 Å². The van der Waals surface area contributed by atoms with Crippen molar-refractivity contribution in [2.24, 2.45) is 5.92 Å². The lowest BCUT2D eigenvalue weighted by Crippen LogP contribution is -2.01. The molecule has 2 aromatic rings. The van der Waals surface area contributed by atoms with Gasteiger partial charge in [-0.25, -0.2) is 0 Å². The number of pyridine rings is 1. The molecule has 22 heavy (non-hydrogen) atoms. The van der Waals surface area contributed by atoms with Crippen LogP contribution in [0.15, 0.2) is 79.2 Å². The van der Waals surface area contributed by atoms with Gasteiger partial charge in [-0.2, -0.15) is 0 Å². The van der Waals surface area contributed by atoms with Crippen LogP contribution in [0.5, 0.6) is 0 Å². The summed E-state index contributed by atoms with van der Waals surface area (Å²) < 4.78 is 0. The third-order valence-corrected chi connectivity index (χ3v) is 4.01. The van der Waals surface area contributed by atoms with E-state index in [0.29, 0.717) is 5.92 Å². The van der Waals surface area contributed by atoms with Crippen LogP contribution >= 0.6 is 0 Å². The third kappa shape index (κ3) is 3.25. The van der Waals surface area contributed by atoms with Gasteiger partial charge in [-0.3, -0.25) is 4.98 Å². The first-order valence-corrected chi connectivity index (χ1v) is 7.79. The van der Waals surface area contributed by atoms with Crippen molar-refractivity contribution >= 4 is 5.57 Å². The number of nitrogens with zero attached hydrogens (tertiary/aromatic N) is 1. The first-order valence-electron chi connectivity index (χ1n) is 7.79. The highest BCUT2D eigenvalue weighted by Gasteiger charge is 2.12. The number of rotatable bonds is 4. The lowest BCUT2D eigenvalue weighted by atomic mass is 9.87. The van der Waals surface area contributed by atoms with Crippen molar-refractivity contribution in [3.8, 4) is 11.1 Å². The Morgan fingerprint density at radius 1 is 1.18 bits per heavy atom. The standard InChI is InChI=1S/C21H21N/c1-3-6-17-11-16(2)12-21(13-17)19-8-4-7-18(14-19)20-9-5-10-22-15-20/h3-5,7-10,12-16H,1,6,11H2,2H3. The Labute approximate surface area is 132 Å². The molecule has 0 N–H and O–H groups in total. The van der Waals surface area contributed by atoms with Crippen LogP contribution in [0.1, 0.15) is 25.3 Å². The molecule has 1 atom stereocenters. The van der Waals surface area contributed by atoms with E-state index in [0.717, 1.165) is 18.4 Å². The Morgan fingerprint density at radius 3 is 2.77 bits per heavy atom. The summed E-state index contributed by atoms with van der Waals surface area (Å²) in [5.74, 6) is 0.581. The molecule has 0 saturated carbocycles. The van der Waals surface area contributed by atoms with E-state index in [4.69, 9.17) is 0 Å². The summed E-state index contributed by atoms with van der Waals surface area (Å²) in [6.45, 7) is 6.14. The van der Waals surface area contributed by atoms with Gasteiger partial charge in [-0.05, 0) is 47.6 Å². The molecule has 1 aromatic carbocycles. The number of benzene rings is 1. The molecule has 0 amide bonds. The zero-order valence-electron chi connectivity index (χ0n) is 13.0. The Balaban J connectivity index is 1.97. The van der Waals surface area contributed by atoms with Gasteiger partial charge in [-0.15, -0.1) is 6.58 Å². The van der Waals surface area contributed by atoms with Crippen molar-refractivity contribution < 1.29 is 0 Å². The van der Waals surface area contributed by atoms with Crippen LogP contribution in [0.25, 0.3) is 16.7 Å². The second-order valence-corrected chi connectivity index (χ2v) is 5.92. The van der Waals surface area contributed by atoms with E-state index >= 15 is 0 Å². The Bertz CT molecular complexity index is 723. The summed E-state index contributed by atoms with van der Waals surface area (Å²) in [6, 6.07) is 12.8. The third-order valence-electron chi connectivity index (χ3n) is 4.01. The van der Waals surface area contributed by atoms with Gasteiger partial charge >= 0.3 is 0 Å². The molecule has 110 valence electrons. The Morgan fingerprint density at radius 2 is 2.00 bits per heavy atom. The smallest absolute Gasteiger partial charge is 0.0346 e. The summed E-state index contributed by atoms with van der Waals surface area (Å²) in [7, 11) is 0. The average Bonchev–Trinajstić information content (AvgIpc) is 2.56. The van der Waals surface area contributed by atoms with Crippen LogP contribution in [-0.2, 0) is 0 Å². The molecule has 0 fully saturated rings. The largest absolute Gasteiger partial charge is 0.264 e. The quantitative estimate of drug-likeness (QED) is 0.660. The van der Waals surface area contributed by atoms with E-state index < -0.39 is 0 Å². The normalized spacial score (nSPS) is 17.6. The number of hydrogen-bond acceptors (Lipinski definition) is 1. The number of allylic oxidation sites excluding steroid dienone is 5. The highest BCUT2D eigenvalue weighted by molar-refractivity contribution is 5.79. The van der Waals surface area contributed by atoms with Crippen molar-refractivity contribution in [2.75, 3.05) is 0 Å². The second kappa shape index (κ2) is 6.57. The van der Waals surface area contributed by atoms with Crippen molar-refractivity contribution in [2.45, 2.75) is 19.8 Å². The van der Waals surface area contributed by atoms with Crippen LogP contribution in [0, 0.1) is 5.92 Å². The van der Waals surface area contributed by atoms with E-state index in [2.05, 4.69) is 61.0 Å². The maximum Gasteiger partial charge on any atom is 0.0346 e. The molecule has 0 bridgehead atoms. The van der Waals surface area contributed by atoms with E-state index in [9.17, 15) is 0 Å². The van der Waals surface area contributed by atoms with Crippen LogP contribution in [0.2, 0.25) is 0 Å². The predicted octanol–water partition coefficient (Wildman–Crippen LogP) is 5.67. The maximum absolute atomic E-state index is 4.21. The topological polar surface area (TPSA) is 12.9 Å². The molecule has 0 radical (unpaired) electrons. The minimum Gasteiger partial charge on any atom is -0.264 e. The van der Waals surface area contributed by atoms with Crippen molar-refractivity contribution in [3.05, 3.63) is 84.7 Å². The molecule has 1 nitrogen and oxygen atoms in total. The fraction of sp³-hybridized carbons (Fsp3) is 0.190. The van der Waals surface area contributed by atoms with E-state index in [1.165, 1.54) is 22.3 Å². The minimum absolute atomic E-state index is 0.581. The highest BCUT2D eigenvalue weighted by Crippen LogP contribution is 2.32. The predicted molar refractivity (Wildman–Crippen MR) is 94.3 cm³/mol. The first-order chi connectivity index (χ1) is 10.8. The molecule has 1 heterocycles. The van der Waals surface area contributed by atoms with Gasteiger partial charge in [0, 0.05) is 18.0 Å². The van der Waals surface area contributed by atoms with E-state index in [1.807, 2.05) is 24.5 Å². The van der Waals surface area contributed by atoms with Gasteiger partial charge in [0.25, 0.3) is 0 Å². The summed E-state index contributed by atoms with van der Waals surface area (Å²) in [5, 5.41) is 0. The summed E-state index contributed by atoms with van der Waals surface area (Å²) in [5.41, 5.74) is 6.43. The molecule has 1 aromatic heterocycles. The molecule has 0 spiro atoms. The molecule has 1 aliphatic rings. The average molecular weight is 287 g/mol. The minimum atomic E-state index is 0.581. The number of aromatic nitrogens is 1. The van der Waals surface area contributed by atoms with Crippen molar-refractivity contribution in [1.29, 1.82) is 0 Å². The number of hydrogen-bond donors (Lipinski definition) is 0. The maximum atomic E-state index is 4.21. The zero-order chi connectivity index (χ0) is 15.4. The Kier molecular flexibility index (Phi) is 4.34. The molecule has 1 unspecified atom stereocenters. The second-order valence-electron chi connectivity index (χ2n) is 5.92. The molecular weight excluding hydrogens is 266 g/mol. The van der Waals surface area contributed by atoms with E-state index in [1.54, 1.807) is 0 Å². The van der Waals surface area contributed by atoms with Gasteiger partial charge < -0.3 is 0 Å². The van der Waals surface area contributed by atoms with Crippen LogP contribution < -0.4 is 0 Å². The molecule has 3 rings (SSSR count). The van der Waals surface area contributed by atoms with E-state index in [-0.39, 0.29) is 0 Å². The van der Waals surface area contributed by atoms with Gasteiger partial charge in [0.05, 0.1) is 0 Å². The van der Waals surface area contributed by atoms with Crippen molar-refractivity contribution in [3.63, 3.8) is 0 Å². The fourth-order valence-corrected chi connectivity index (χ4v) is 3.03. The molecule has 0 aliphatic heterocycles. The summed E-state index contributed by atoms with van der Waals surface area (Å²) in [4.78, 5) is 4.21. The zero-order valence-corrected chi connectivity index (χ0v) is 13.0. The molecule has 1 heteroatoms.